The zero-order chi connectivity index (χ0) is 14.9. The van der Waals surface area contributed by atoms with E-state index >= 15 is 0 Å². The summed E-state index contributed by atoms with van der Waals surface area (Å²) in [6.07, 6.45) is 0. The van der Waals surface area contributed by atoms with Crippen LogP contribution in [0.25, 0.3) is 0 Å². The lowest BCUT2D eigenvalue weighted by Crippen LogP contribution is -2.19. The number of carboxylic acids is 1. The van der Waals surface area contributed by atoms with Crippen LogP contribution in [0.1, 0.15) is 10.9 Å². The van der Waals surface area contributed by atoms with Gasteiger partial charge in [0.15, 0.2) is 6.04 Å². The average Bonchev–Trinajstić information content (AvgIpc) is 2.70. The number of hydrogen-bond donors (Lipinski definition) is 2. The van der Waals surface area contributed by atoms with Crippen LogP contribution in [0.2, 0.25) is 9.36 Å². The molecule has 1 atom stereocenters. The van der Waals surface area contributed by atoms with Gasteiger partial charge >= 0.3 is 5.97 Å². The van der Waals surface area contributed by atoms with E-state index in [0.29, 0.717) is 28.9 Å². The minimum absolute atomic E-state index is 0.519. The number of benzene rings is 1. The molecule has 3 nitrogen and oxygen atoms in total. The Balaban J connectivity index is 2.30. The lowest BCUT2D eigenvalue weighted by molar-refractivity contribution is -0.138. The normalized spacial score (nSPS) is 12.2. The van der Waals surface area contributed by atoms with E-state index in [1.54, 1.807) is 24.3 Å². The standard InChI is InChI=1S/C12H7Br2Cl2NO2S/c13-6-3-5(1-2-8(6)15)17-10(12(18)19)9-4-7(14)11(16)20-9/h1-4,10,17H,(H,18,19). The van der Waals surface area contributed by atoms with Gasteiger partial charge in [-0.15, -0.1) is 11.3 Å². The third kappa shape index (κ3) is 3.68. The molecule has 0 bridgehead atoms. The van der Waals surface area contributed by atoms with Crippen molar-refractivity contribution in [3.8, 4) is 0 Å². The molecule has 0 saturated carbocycles. The number of hydrogen-bond acceptors (Lipinski definition) is 3. The molecule has 2 rings (SSSR count). The number of thiophene rings is 1. The second kappa shape index (κ2) is 6.66. The molecule has 0 saturated heterocycles. The van der Waals surface area contributed by atoms with Crippen LogP contribution in [0.4, 0.5) is 5.69 Å². The summed E-state index contributed by atoms with van der Waals surface area (Å²) in [5.41, 5.74) is 0.648. The molecule has 8 heteroatoms. The first-order chi connectivity index (χ1) is 9.38. The number of rotatable bonds is 4. The van der Waals surface area contributed by atoms with E-state index in [-0.39, 0.29) is 0 Å². The zero-order valence-corrected chi connectivity index (χ0v) is 15.2. The van der Waals surface area contributed by atoms with E-state index in [2.05, 4.69) is 37.2 Å². The second-order valence-corrected chi connectivity index (χ2v) is 7.62. The molecule has 0 fully saturated rings. The van der Waals surface area contributed by atoms with Crippen molar-refractivity contribution in [1.82, 2.24) is 0 Å². The predicted octanol–water partition coefficient (Wildman–Crippen LogP) is 5.82. The number of anilines is 1. The molecule has 0 aliphatic rings. The van der Waals surface area contributed by atoms with E-state index in [1.165, 1.54) is 11.3 Å². The topological polar surface area (TPSA) is 49.3 Å². The Hall–Kier alpha value is -0.270. The summed E-state index contributed by atoms with van der Waals surface area (Å²) in [7, 11) is 0. The molecule has 0 amide bonds. The fourth-order valence-electron chi connectivity index (χ4n) is 1.51. The number of halogens is 4. The van der Waals surface area contributed by atoms with Gasteiger partial charge in [-0.3, -0.25) is 0 Å². The first kappa shape index (κ1) is 16.1. The van der Waals surface area contributed by atoms with Gasteiger partial charge in [0.1, 0.15) is 4.34 Å². The van der Waals surface area contributed by atoms with Crippen LogP contribution in [0.3, 0.4) is 0 Å². The highest BCUT2D eigenvalue weighted by atomic mass is 79.9. The summed E-state index contributed by atoms with van der Waals surface area (Å²) >= 11 is 19.6. The van der Waals surface area contributed by atoms with Gasteiger partial charge in [0, 0.05) is 19.5 Å². The number of aliphatic carboxylic acids is 1. The quantitative estimate of drug-likeness (QED) is 0.605. The summed E-state index contributed by atoms with van der Waals surface area (Å²) in [6.45, 7) is 0. The number of nitrogens with one attached hydrogen (secondary N) is 1. The molecule has 0 spiro atoms. The van der Waals surface area contributed by atoms with Gasteiger partial charge in [0.25, 0.3) is 0 Å². The monoisotopic (exact) mass is 457 g/mol. The molecule has 1 unspecified atom stereocenters. The van der Waals surface area contributed by atoms with Crippen LogP contribution in [0, 0.1) is 0 Å². The molecule has 1 aromatic heterocycles. The Morgan fingerprint density at radius 3 is 2.45 bits per heavy atom. The Bertz CT molecular complexity index is 643. The molecular formula is C12H7Br2Cl2NO2S. The van der Waals surface area contributed by atoms with Crippen molar-refractivity contribution in [3.05, 3.63) is 47.4 Å². The molecule has 0 aliphatic heterocycles. The van der Waals surface area contributed by atoms with Gasteiger partial charge in [-0.25, -0.2) is 4.79 Å². The lowest BCUT2D eigenvalue weighted by Gasteiger charge is -2.14. The van der Waals surface area contributed by atoms with Crippen molar-refractivity contribution >= 4 is 78.1 Å². The molecule has 2 aromatic rings. The second-order valence-electron chi connectivity index (χ2n) is 3.81. The Kier molecular flexibility index (Phi) is 5.36. The zero-order valence-electron chi connectivity index (χ0n) is 9.66. The lowest BCUT2D eigenvalue weighted by atomic mass is 10.2. The van der Waals surface area contributed by atoms with Crippen LogP contribution in [0.15, 0.2) is 33.2 Å². The maximum atomic E-state index is 11.4. The van der Waals surface area contributed by atoms with Crippen molar-refractivity contribution in [2.75, 3.05) is 5.32 Å². The Morgan fingerprint density at radius 1 is 1.25 bits per heavy atom. The fourth-order valence-corrected chi connectivity index (χ4v) is 3.79. The van der Waals surface area contributed by atoms with Crippen LogP contribution in [0.5, 0.6) is 0 Å². The van der Waals surface area contributed by atoms with Crippen molar-refractivity contribution < 1.29 is 9.90 Å². The van der Waals surface area contributed by atoms with Crippen LogP contribution in [-0.4, -0.2) is 11.1 Å². The first-order valence-electron chi connectivity index (χ1n) is 5.27. The maximum absolute atomic E-state index is 11.4. The largest absolute Gasteiger partial charge is 0.479 e. The third-order valence-electron chi connectivity index (χ3n) is 2.43. The van der Waals surface area contributed by atoms with Crippen LogP contribution < -0.4 is 5.32 Å². The summed E-state index contributed by atoms with van der Waals surface area (Å²) in [5, 5.41) is 12.9. The van der Waals surface area contributed by atoms with Gasteiger partial charge in [-0.2, -0.15) is 0 Å². The molecule has 1 aromatic carbocycles. The first-order valence-corrected chi connectivity index (χ1v) is 8.43. The van der Waals surface area contributed by atoms with Crippen LogP contribution >= 0.6 is 66.4 Å². The van der Waals surface area contributed by atoms with Crippen molar-refractivity contribution in [1.29, 1.82) is 0 Å². The van der Waals surface area contributed by atoms with Gasteiger partial charge in [0.2, 0.25) is 0 Å². The molecule has 106 valence electrons. The summed E-state index contributed by atoms with van der Waals surface area (Å²) in [6, 6.07) is 5.95. The van der Waals surface area contributed by atoms with Crippen molar-refractivity contribution in [2.45, 2.75) is 6.04 Å². The SMILES string of the molecule is O=C(O)C(Nc1ccc(Cl)c(Br)c1)c1cc(Br)c(Cl)s1. The summed E-state index contributed by atoms with van der Waals surface area (Å²) in [4.78, 5) is 12.0. The smallest absolute Gasteiger partial charge is 0.331 e. The third-order valence-corrected chi connectivity index (χ3v) is 6.18. The van der Waals surface area contributed by atoms with Gasteiger partial charge < -0.3 is 10.4 Å². The molecule has 0 aliphatic carbocycles. The van der Waals surface area contributed by atoms with E-state index in [9.17, 15) is 9.90 Å². The highest BCUT2D eigenvalue weighted by Crippen LogP contribution is 2.37. The minimum atomic E-state index is -0.985. The summed E-state index contributed by atoms with van der Waals surface area (Å²) < 4.78 is 1.90. The highest BCUT2D eigenvalue weighted by molar-refractivity contribution is 9.11. The number of carboxylic acid groups (broad SMARTS) is 1. The van der Waals surface area contributed by atoms with Gasteiger partial charge in [0.05, 0.1) is 5.02 Å². The number of carbonyl (C=O) groups is 1. The van der Waals surface area contributed by atoms with Gasteiger partial charge in [-0.05, 0) is 56.1 Å². The van der Waals surface area contributed by atoms with E-state index in [0.717, 1.165) is 0 Å². The molecule has 20 heavy (non-hydrogen) atoms. The van der Waals surface area contributed by atoms with Crippen molar-refractivity contribution in [2.24, 2.45) is 0 Å². The minimum Gasteiger partial charge on any atom is -0.479 e. The Morgan fingerprint density at radius 2 is 1.95 bits per heavy atom. The summed E-state index contributed by atoms with van der Waals surface area (Å²) in [5.74, 6) is -0.985. The molecule has 0 radical (unpaired) electrons. The average molecular weight is 460 g/mol. The van der Waals surface area contributed by atoms with E-state index in [4.69, 9.17) is 23.2 Å². The van der Waals surface area contributed by atoms with Crippen molar-refractivity contribution in [3.63, 3.8) is 0 Å². The van der Waals surface area contributed by atoms with E-state index in [1.807, 2.05) is 0 Å². The maximum Gasteiger partial charge on any atom is 0.331 e. The molecule has 1 heterocycles. The predicted molar refractivity (Wildman–Crippen MR) is 90.2 cm³/mol. The van der Waals surface area contributed by atoms with E-state index < -0.39 is 12.0 Å². The highest BCUT2D eigenvalue weighted by Gasteiger charge is 2.23. The van der Waals surface area contributed by atoms with Gasteiger partial charge in [-0.1, -0.05) is 23.2 Å². The van der Waals surface area contributed by atoms with Crippen LogP contribution in [-0.2, 0) is 4.79 Å². The molecule has 2 N–H and O–H groups in total. The molecular weight excluding hydrogens is 453 g/mol. The Labute approximate surface area is 146 Å². The fraction of sp³-hybridized carbons (Fsp3) is 0.0833.